The second kappa shape index (κ2) is 3.98. The number of aliphatic carboxylic acids is 1. The number of halogens is 6. The molecule has 8 heteroatoms. The molecule has 0 saturated carbocycles. The molecule has 1 N–H and O–H groups in total. The van der Waals surface area contributed by atoms with Crippen molar-refractivity contribution in [1.82, 2.24) is 0 Å². The third-order valence-corrected chi connectivity index (χ3v) is 1.36. The van der Waals surface area contributed by atoms with Crippen LogP contribution in [0.1, 0.15) is 0 Å². The Hall–Kier alpha value is -1.43. The Bertz CT molecular complexity index is 292. The molecule has 0 spiro atoms. The number of carboxylic acids is 1. The average molecular weight is 234 g/mol. The maximum atomic E-state index is 11.9. The lowest BCUT2D eigenvalue weighted by atomic mass is 9.99. The van der Waals surface area contributed by atoms with Crippen molar-refractivity contribution < 1.29 is 36.2 Å². The predicted molar refractivity (Wildman–Crippen MR) is 35.9 cm³/mol. The summed E-state index contributed by atoms with van der Waals surface area (Å²) in [6.07, 6.45) is -11.5. The van der Waals surface area contributed by atoms with Crippen molar-refractivity contribution in [2.24, 2.45) is 5.92 Å². The van der Waals surface area contributed by atoms with Crippen molar-refractivity contribution in [3.8, 4) is 0 Å². The van der Waals surface area contributed by atoms with E-state index in [1.54, 1.807) is 0 Å². The molecule has 0 aromatic heterocycles. The zero-order chi connectivity index (χ0) is 12.4. The smallest absolute Gasteiger partial charge is 0.405 e. The summed E-state index contributed by atoms with van der Waals surface area (Å²) in [6.45, 7) is 2.49. The molecule has 0 aromatic rings. The van der Waals surface area contributed by atoms with Crippen molar-refractivity contribution >= 4 is 5.97 Å². The van der Waals surface area contributed by atoms with E-state index in [-0.39, 0.29) is 0 Å². The highest BCUT2D eigenvalue weighted by Gasteiger charge is 2.60. The summed E-state index contributed by atoms with van der Waals surface area (Å²) >= 11 is 0. The second-order valence-electron chi connectivity index (χ2n) is 2.41. The minimum atomic E-state index is -5.74. The molecule has 0 heterocycles. The van der Waals surface area contributed by atoms with E-state index in [0.29, 0.717) is 0 Å². The van der Waals surface area contributed by atoms with Crippen molar-refractivity contribution in [3.63, 3.8) is 0 Å². The lowest BCUT2D eigenvalue weighted by Gasteiger charge is -2.22. The fourth-order valence-corrected chi connectivity index (χ4v) is 0.814. The van der Waals surface area contributed by atoms with Gasteiger partial charge in [0.25, 0.3) is 0 Å². The van der Waals surface area contributed by atoms with Gasteiger partial charge in [-0.2, -0.15) is 26.3 Å². The highest BCUT2D eigenvalue weighted by Crippen LogP contribution is 2.43. The van der Waals surface area contributed by atoms with Crippen molar-refractivity contribution in [2.45, 2.75) is 12.4 Å². The molecular formula is C7H4F6O2. The average Bonchev–Trinajstić information content (AvgIpc) is 1.93. The zero-order valence-electron chi connectivity index (χ0n) is 6.91. The fraction of sp³-hybridized carbons (Fsp3) is 0.429. The van der Waals surface area contributed by atoms with Crippen LogP contribution >= 0.6 is 0 Å². The van der Waals surface area contributed by atoms with Crippen LogP contribution in [0.3, 0.4) is 0 Å². The van der Waals surface area contributed by atoms with Gasteiger partial charge in [0.1, 0.15) is 0 Å². The van der Waals surface area contributed by atoms with Gasteiger partial charge in [-0.05, 0) is 0 Å². The topological polar surface area (TPSA) is 37.3 Å². The molecule has 0 aliphatic rings. The maximum absolute atomic E-state index is 11.9. The van der Waals surface area contributed by atoms with E-state index in [2.05, 4.69) is 6.58 Å². The van der Waals surface area contributed by atoms with E-state index in [1.807, 2.05) is 0 Å². The highest BCUT2D eigenvalue weighted by molar-refractivity contribution is 5.87. The molecule has 2 nitrogen and oxygen atoms in total. The Morgan fingerprint density at radius 1 is 1.13 bits per heavy atom. The van der Waals surface area contributed by atoms with Gasteiger partial charge in [0.15, 0.2) is 5.92 Å². The van der Waals surface area contributed by atoms with Crippen LogP contribution < -0.4 is 0 Å². The minimum absolute atomic E-state index is 1.14. The van der Waals surface area contributed by atoms with E-state index in [0.717, 1.165) is 5.73 Å². The fourth-order valence-electron chi connectivity index (χ4n) is 0.814. The van der Waals surface area contributed by atoms with Crippen molar-refractivity contribution in [1.29, 1.82) is 0 Å². The molecule has 0 fully saturated rings. The third-order valence-electron chi connectivity index (χ3n) is 1.36. The number of carbonyl (C=O) groups is 1. The van der Waals surface area contributed by atoms with Gasteiger partial charge in [0.2, 0.25) is 0 Å². The molecular weight excluding hydrogens is 230 g/mol. The first-order valence-electron chi connectivity index (χ1n) is 3.28. The Labute approximate surface area is 79.5 Å². The summed E-state index contributed by atoms with van der Waals surface area (Å²) in [6, 6.07) is 0. The quantitative estimate of drug-likeness (QED) is 0.452. The summed E-state index contributed by atoms with van der Waals surface area (Å²) in [5, 5.41) is 8.13. The Kier molecular flexibility index (Phi) is 3.60. The molecule has 0 bridgehead atoms. The van der Waals surface area contributed by atoms with Crippen LogP contribution in [-0.2, 0) is 4.79 Å². The molecule has 0 aromatic carbocycles. The van der Waals surface area contributed by atoms with Crippen LogP contribution in [0.25, 0.3) is 0 Å². The third kappa shape index (κ3) is 3.32. The van der Waals surface area contributed by atoms with Crippen LogP contribution in [0, 0.1) is 5.92 Å². The summed E-state index contributed by atoms with van der Waals surface area (Å²) < 4.78 is 71.6. The minimum Gasteiger partial charge on any atom is -0.477 e. The molecule has 0 saturated heterocycles. The first-order valence-corrected chi connectivity index (χ1v) is 3.28. The molecule has 0 radical (unpaired) electrons. The molecule has 0 unspecified atom stereocenters. The number of hydrogen-bond acceptors (Lipinski definition) is 1. The second-order valence-corrected chi connectivity index (χ2v) is 2.41. The van der Waals surface area contributed by atoms with Crippen LogP contribution in [0.5, 0.6) is 0 Å². The van der Waals surface area contributed by atoms with Gasteiger partial charge in [0.05, 0.1) is 5.57 Å². The van der Waals surface area contributed by atoms with Crippen LogP contribution in [0.15, 0.2) is 17.9 Å². The van der Waals surface area contributed by atoms with Gasteiger partial charge in [-0.3, -0.25) is 0 Å². The van der Waals surface area contributed by atoms with Crippen LogP contribution in [0.2, 0.25) is 0 Å². The van der Waals surface area contributed by atoms with Crippen molar-refractivity contribution in [2.75, 3.05) is 0 Å². The van der Waals surface area contributed by atoms with E-state index < -0.39 is 29.8 Å². The largest absolute Gasteiger partial charge is 0.477 e. The van der Waals surface area contributed by atoms with Crippen LogP contribution in [-0.4, -0.2) is 23.4 Å². The summed E-state index contributed by atoms with van der Waals surface area (Å²) in [5.74, 6) is -6.43. The normalized spacial score (nSPS) is 12.5. The number of hydrogen-bond donors (Lipinski definition) is 1. The Morgan fingerprint density at radius 2 is 1.47 bits per heavy atom. The predicted octanol–water partition coefficient (Wildman–Crippen LogP) is 2.52. The monoisotopic (exact) mass is 234 g/mol. The lowest BCUT2D eigenvalue weighted by molar-refractivity contribution is -0.271. The first kappa shape index (κ1) is 13.6. The SMILES string of the molecule is C=C=C(C(=O)O)C(C(F)(F)F)C(F)(F)F. The van der Waals surface area contributed by atoms with Crippen molar-refractivity contribution in [3.05, 3.63) is 17.9 Å². The van der Waals surface area contributed by atoms with Gasteiger partial charge < -0.3 is 5.11 Å². The van der Waals surface area contributed by atoms with E-state index in [4.69, 9.17) is 5.11 Å². The van der Waals surface area contributed by atoms with E-state index in [1.165, 1.54) is 0 Å². The number of alkyl halides is 6. The molecule has 15 heavy (non-hydrogen) atoms. The van der Waals surface area contributed by atoms with Gasteiger partial charge in [-0.15, -0.1) is 5.73 Å². The first-order chi connectivity index (χ1) is 6.51. The standard InChI is InChI=1S/C7H4F6O2/c1-2-3(5(14)15)4(6(8,9)10)7(11,12)13/h4H,1H2,(H,14,15). The Morgan fingerprint density at radius 3 is 1.53 bits per heavy atom. The van der Waals surface area contributed by atoms with E-state index >= 15 is 0 Å². The summed E-state index contributed by atoms with van der Waals surface area (Å²) in [5.41, 5.74) is -0.821. The maximum Gasteiger partial charge on any atom is 0.405 e. The van der Waals surface area contributed by atoms with Gasteiger partial charge >= 0.3 is 18.3 Å². The highest BCUT2D eigenvalue weighted by atomic mass is 19.4. The van der Waals surface area contributed by atoms with Crippen LogP contribution in [0.4, 0.5) is 26.3 Å². The molecule has 0 amide bonds. The van der Waals surface area contributed by atoms with Gasteiger partial charge in [-0.25, -0.2) is 4.79 Å². The molecule has 0 atom stereocenters. The zero-order valence-corrected chi connectivity index (χ0v) is 6.91. The number of rotatable bonds is 2. The van der Waals surface area contributed by atoms with Gasteiger partial charge in [-0.1, -0.05) is 6.58 Å². The molecule has 0 aliphatic heterocycles. The Balaban J connectivity index is 5.52. The molecule has 0 rings (SSSR count). The van der Waals surface area contributed by atoms with E-state index in [9.17, 15) is 31.1 Å². The number of carboxylic acid groups (broad SMARTS) is 1. The summed E-state index contributed by atoms with van der Waals surface area (Å²) in [7, 11) is 0. The lowest BCUT2D eigenvalue weighted by Crippen LogP contribution is -2.39. The summed E-state index contributed by atoms with van der Waals surface area (Å²) in [4.78, 5) is 10.1. The van der Waals surface area contributed by atoms with Gasteiger partial charge in [0, 0.05) is 0 Å². The molecule has 0 aliphatic carbocycles. The molecule has 86 valence electrons.